The van der Waals surface area contributed by atoms with Gasteiger partial charge in [0.2, 0.25) is 5.95 Å². The number of aryl methyl sites for hydroxylation is 1. The predicted octanol–water partition coefficient (Wildman–Crippen LogP) is 3.08. The third-order valence-corrected chi connectivity index (χ3v) is 5.68. The zero-order chi connectivity index (χ0) is 24.0. The van der Waals surface area contributed by atoms with Gasteiger partial charge in [0.05, 0.1) is 18.4 Å². The topological polar surface area (TPSA) is 73.0 Å². The molecule has 7 nitrogen and oxygen atoms in total. The minimum Gasteiger partial charge on any atom is -0.333 e. The Kier molecular flexibility index (Phi) is 5.27. The Morgan fingerprint density at radius 3 is 2.21 bits per heavy atom. The molecule has 0 saturated heterocycles. The van der Waals surface area contributed by atoms with Crippen LogP contribution in [0.25, 0.3) is 5.69 Å². The van der Waals surface area contributed by atoms with E-state index < -0.39 is 28.8 Å². The van der Waals surface area contributed by atoms with E-state index in [1.165, 1.54) is 6.20 Å². The Morgan fingerprint density at radius 2 is 1.59 bits per heavy atom. The molecule has 0 aliphatic carbocycles. The molecule has 2 aromatic heterocycles. The third kappa shape index (κ3) is 3.76. The van der Waals surface area contributed by atoms with E-state index in [0.29, 0.717) is 13.1 Å². The number of benzene rings is 2. The number of hydrogen-bond acceptors (Lipinski definition) is 5. The van der Waals surface area contributed by atoms with Gasteiger partial charge in [-0.15, -0.1) is 0 Å². The average molecular weight is 465 g/mol. The Balaban J connectivity index is 1.68. The smallest absolute Gasteiger partial charge is 0.333 e. The lowest BCUT2D eigenvalue weighted by atomic mass is 10.1. The van der Waals surface area contributed by atoms with Gasteiger partial charge in [-0.2, -0.15) is 4.98 Å². The van der Waals surface area contributed by atoms with Crippen LogP contribution in [0, 0.1) is 24.4 Å². The van der Waals surface area contributed by atoms with Crippen molar-refractivity contribution in [3.05, 3.63) is 116 Å². The number of halogens is 3. The van der Waals surface area contributed by atoms with Gasteiger partial charge in [0.15, 0.2) is 17.5 Å². The van der Waals surface area contributed by atoms with Gasteiger partial charge in [-0.3, -0.25) is 9.55 Å². The van der Waals surface area contributed by atoms with Crippen molar-refractivity contribution in [1.82, 2.24) is 19.1 Å². The highest BCUT2D eigenvalue weighted by atomic mass is 19.2. The van der Waals surface area contributed by atoms with Crippen molar-refractivity contribution in [2.75, 3.05) is 4.90 Å². The molecule has 0 bridgehead atoms. The Morgan fingerprint density at radius 1 is 0.941 bits per heavy atom. The summed E-state index contributed by atoms with van der Waals surface area (Å²) in [7, 11) is 0. The molecule has 2 aromatic carbocycles. The fourth-order valence-electron chi connectivity index (χ4n) is 4.10. The molecule has 34 heavy (non-hydrogen) atoms. The molecule has 0 N–H and O–H groups in total. The van der Waals surface area contributed by atoms with Crippen LogP contribution in [0.2, 0.25) is 0 Å². The molecule has 0 saturated carbocycles. The maximum Gasteiger partial charge on any atom is 0.359 e. The van der Waals surface area contributed by atoms with Crippen LogP contribution in [0.4, 0.5) is 19.1 Å². The SMILES string of the molecule is Cc1cncc(-n2c(=O)nc(N3Cc4ccccc4C3)n(Cc3cc(F)c(F)c(F)c3)c2=O)c1. The van der Waals surface area contributed by atoms with E-state index in [1.54, 1.807) is 24.1 Å². The van der Waals surface area contributed by atoms with Gasteiger partial charge in [0.25, 0.3) is 0 Å². The van der Waals surface area contributed by atoms with Crippen LogP contribution < -0.4 is 16.3 Å². The van der Waals surface area contributed by atoms with Crippen molar-refractivity contribution >= 4 is 5.95 Å². The molecule has 0 spiro atoms. The molecule has 5 rings (SSSR count). The molecule has 10 heteroatoms. The summed E-state index contributed by atoms with van der Waals surface area (Å²) >= 11 is 0. The first-order chi connectivity index (χ1) is 16.3. The molecule has 4 aromatic rings. The summed E-state index contributed by atoms with van der Waals surface area (Å²) in [5.74, 6) is -4.29. The molecule has 1 aliphatic heterocycles. The fraction of sp³-hybridized carbons (Fsp3) is 0.167. The molecule has 3 heterocycles. The first kappa shape index (κ1) is 21.6. The highest BCUT2D eigenvalue weighted by Gasteiger charge is 2.25. The zero-order valence-electron chi connectivity index (χ0n) is 18.0. The van der Waals surface area contributed by atoms with Crippen LogP contribution in [0.15, 0.2) is 64.4 Å². The second-order valence-corrected chi connectivity index (χ2v) is 8.12. The standard InChI is InChI=1S/C24H18F3N5O2/c1-14-6-18(10-28-9-14)32-23(33)29-22(30-12-16-4-2-3-5-17(16)13-30)31(24(32)34)11-15-7-19(25)21(27)20(26)8-15/h2-10H,11-13H2,1H3. The van der Waals surface area contributed by atoms with Crippen LogP contribution in [-0.2, 0) is 19.6 Å². The molecule has 1 aliphatic rings. The highest BCUT2D eigenvalue weighted by molar-refractivity contribution is 5.44. The molecular formula is C24H18F3N5O2. The minimum absolute atomic E-state index is 0.00540. The molecular weight excluding hydrogens is 447 g/mol. The number of nitrogens with zero attached hydrogens (tertiary/aromatic N) is 5. The minimum atomic E-state index is -1.60. The maximum absolute atomic E-state index is 13.9. The van der Waals surface area contributed by atoms with Crippen molar-refractivity contribution in [1.29, 1.82) is 0 Å². The lowest BCUT2D eigenvalue weighted by Gasteiger charge is -2.22. The number of pyridine rings is 1. The Labute approximate surface area is 191 Å². The van der Waals surface area contributed by atoms with Gasteiger partial charge in [-0.1, -0.05) is 24.3 Å². The Bertz CT molecular complexity index is 1500. The van der Waals surface area contributed by atoms with Crippen LogP contribution in [0.1, 0.15) is 22.3 Å². The van der Waals surface area contributed by atoms with Crippen LogP contribution in [-0.4, -0.2) is 19.1 Å². The summed E-state index contributed by atoms with van der Waals surface area (Å²) in [6.07, 6.45) is 2.92. The number of fused-ring (bicyclic) bond motifs is 1. The van der Waals surface area contributed by atoms with Gasteiger partial charge in [-0.25, -0.2) is 27.3 Å². The van der Waals surface area contributed by atoms with Crippen molar-refractivity contribution in [2.45, 2.75) is 26.6 Å². The fourth-order valence-corrected chi connectivity index (χ4v) is 4.10. The van der Waals surface area contributed by atoms with Crippen LogP contribution in [0.5, 0.6) is 0 Å². The summed E-state index contributed by atoms with van der Waals surface area (Å²) in [6, 6.07) is 10.9. The maximum atomic E-state index is 13.9. The average Bonchev–Trinajstić information content (AvgIpc) is 3.23. The highest BCUT2D eigenvalue weighted by Crippen LogP contribution is 2.26. The molecule has 0 amide bonds. The molecule has 0 atom stereocenters. The molecule has 172 valence electrons. The van der Waals surface area contributed by atoms with Crippen molar-refractivity contribution in [2.24, 2.45) is 0 Å². The van der Waals surface area contributed by atoms with Gasteiger partial charge >= 0.3 is 11.4 Å². The Hall–Kier alpha value is -4.21. The molecule has 0 unspecified atom stereocenters. The second kappa shape index (κ2) is 8.29. The van der Waals surface area contributed by atoms with Gasteiger partial charge in [0.1, 0.15) is 0 Å². The first-order valence-electron chi connectivity index (χ1n) is 10.4. The molecule has 0 fully saturated rings. The zero-order valence-corrected chi connectivity index (χ0v) is 18.0. The number of anilines is 1. The lowest BCUT2D eigenvalue weighted by molar-refractivity contribution is 0.444. The van der Waals surface area contributed by atoms with E-state index in [0.717, 1.165) is 38.0 Å². The summed E-state index contributed by atoms with van der Waals surface area (Å²) in [6.45, 7) is 2.21. The summed E-state index contributed by atoms with van der Waals surface area (Å²) < 4.78 is 43.3. The monoisotopic (exact) mass is 465 g/mol. The molecule has 0 radical (unpaired) electrons. The van der Waals surface area contributed by atoms with Crippen molar-refractivity contribution < 1.29 is 13.2 Å². The van der Waals surface area contributed by atoms with Crippen molar-refractivity contribution in [3.63, 3.8) is 0 Å². The van der Waals surface area contributed by atoms with Crippen molar-refractivity contribution in [3.8, 4) is 5.69 Å². The predicted molar refractivity (Wildman–Crippen MR) is 118 cm³/mol. The normalized spacial score (nSPS) is 12.8. The van der Waals surface area contributed by atoms with Gasteiger partial charge < -0.3 is 4.90 Å². The number of rotatable bonds is 4. The van der Waals surface area contributed by atoms with E-state index >= 15 is 0 Å². The lowest BCUT2D eigenvalue weighted by Crippen LogP contribution is -2.43. The van der Waals surface area contributed by atoms with E-state index in [1.807, 2.05) is 24.3 Å². The van der Waals surface area contributed by atoms with Crippen LogP contribution in [0.3, 0.4) is 0 Å². The largest absolute Gasteiger partial charge is 0.359 e. The first-order valence-corrected chi connectivity index (χ1v) is 10.4. The number of aromatic nitrogens is 4. The van der Waals surface area contributed by atoms with Gasteiger partial charge in [0, 0.05) is 19.3 Å². The van der Waals surface area contributed by atoms with Crippen LogP contribution >= 0.6 is 0 Å². The quantitative estimate of drug-likeness (QED) is 0.433. The summed E-state index contributed by atoms with van der Waals surface area (Å²) in [5, 5.41) is 0. The second-order valence-electron chi connectivity index (χ2n) is 8.12. The van der Waals surface area contributed by atoms with Gasteiger partial charge in [-0.05, 0) is 47.4 Å². The van der Waals surface area contributed by atoms with E-state index in [-0.39, 0.29) is 23.7 Å². The number of hydrogen-bond donors (Lipinski definition) is 0. The van der Waals surface area contributed by atoms with E-state index in [9.17, 15) is 22.8 Å². The third-order valence-electron chi connectivity index (χ3n) is 5.68. The summed E-state index contributed by atoms with van der Waals surface area (Å²) in [5.41, 5.74) is 1.38. The van der Waals surface area contributed by atoms with E-state index in [2.05, 4.69) is 9.97 Å². The van der Waals surface area contributed by atoms with E-state index in [4.69, 9.17) is 0 Å². The summed E-state index contributed by atoms with van der Waals surface area (Å²) in [4.78, 5) is 36.5.